The van der Waals surface area contributed by atoms with E-state index in [2.05, 4.69) is 10.2 Å². The molecule has 0 fully saturated rings. The van der Waals surface area contributed by atoms with Gasteiger partial charge < -0.3 is 0 Å². The molecular formula is C3H5N3O. The smallest absolute Gasteiger partial charge is 0.138 e. The van der Waals surface area contributed by atoms with Gasteiger partial charge in [-0.3, -0.25) is 5.21 Å². The van der Waals surface area contributed by atoms with Crippen LogP contribution in [0.25, 0.3) is 0 Å². The minimum absolute atomic E-state index is 0.434. The molecule has 1 aliphatic heterocycles. The van der Waals surface area contributed by atoms with Gasteiger partial charge in [0.25, 0.3) is 0 Å². The number of rotatable bonds is 0. The van der Waals surface area contributed by atoms with Crippen molar-refractivity contribution in [2.24, 2.45) is 10.2 Å². The van der Waals surface area contributed by atoms with Crippen molar-refractivity contribution < 1.29 is 5.21 Å². The van der Waals surface area contributed by atoms with Crippen LogP contribution in [-0.2, 0) is 0 Å². The first kappa shape index (κ1) is 4.26. The third kappa shape index (κ3) is 0.972. The van der Waals surface area contributed by atoms with Gasteiger partial charge in [0.1, 0.15) is 6.34 Å². The molecule has 0 aromatic heterocycles. The summed E-state index contributed by atoms with van der Waals surface area (Å²) in [6.45, 7) is 0.434. The third-order valence-corrected chi connectivity index (χ3v) is 0.602. The molecular weight excluding hydrogens is 94.1 g/mol. The summed E-state index contributed by atoms with van der Waals surface area (Å²) >= 11 is 0. The SMILES string of the molecule is ON1C=NN=CC1. The Bertz CT molecular complexity index is 109. The molecule has 4 nitrogen and oxygen atoms in total. The first-order valence-corrected chi connectivity index (χ1v) is 1.90. The minimum atomic E-state index is 0.434. The molecule has 0 aromatic rings. The first-order valence-electron chi connectivity index (χ1n) is 1.90. The van der Waals surface area contributed by atoms with Gasteiger partial charge in [0.2, 0.25) is 0 Å². The van der Waals surface area contributed by atoms with E-state index in [1.54, 1.807) is 0 Å². The predicted octanol–water partition coefficient (Wildman–Crippen LogP) is -0.295. The Hall–Kier alpha value is -0.900. The van der Waals surface area contributed by atoms with Crippen molar-refractivity contribution in [2.45, 2.75) is 0 Å². The number of hydroxylamine groups is 2. The summed E-state index contributed by atoms with van der Waals surface area (Å²) in [6, 6.07) is 0. The highest BCUT2D eigenvalue weighted by Crippen LogP contribution is 1.80. The van der Waals surface area contributed by atoms with Crippen LogP contribution in [0.1, 0.15) is 0 Å². The maximum Gasteiger partial charge on any atom is 0.138 e. The standard InChI is InChI=1S/C3H5N3O/c7-6-2-1-4-5-3-6/h1,3,7H,2H2. The maximum absolute atomic E-state index is 8.50. The van der Waals surface area contributed by atoms with Gasteiger partial charge >= 0.3 is 0 Å². The van der Waals surface area contributed by atoms with Crippen LogP contribution < -0.4 is 0 Å². The summed E-state index contributed by atoms with van der Waals surface area (Å²) in [7, 11) is 0. The molecule has 38 valence electrons. The summed E-state index contributed by atoms with van der Waals surface area (Å²) < 4.78 is 0. The zero-order valence-electron chi connectivity index (χ0n) is 3.65. The molecule has 0 bridgehead atoms. The van der Waals surface area contributed by atoms with E-state index in [1.165, 1.54) is 12.6 Å². The summed E-state index contributed by atoms with van der Waals surface area (Å²) in [4.78, 5) is 0. The highest BCUT2D eigenvalue weighted by molar-refractivity contribution is 5.68. The molecule has 0 amide bonds. The van der Waals surface area contributed by atoms with Gasteiger partial charge in [0.15, 0.2) is 0 Å². The van der Waals surface area contributed by atoms with Crippen LogP contribution in [0.4, 0.5) is 0 Å². The van der Waals surface area contributed by atoms with Crippen molar-refractivity contribution in [3.63, 3.8) is 0 Å². The molecule has 0 saturated heterocycles. The summed E-state index contributed by atoms with van der Waals surface area (Å²) in [5.41, 5.74) is 0. The third-order valence-electron chi connectivity index (χ3n) is 0.602. The van der Waals surface area contributed by atoms with E-state index in [-0.39, 0.29) is 0 Å². The van der Waals surface area contributed by atoms with Gasteiger partial charge in [-0.25, -0.2) is 5.06 Å². The van der Waals surface area contributed by atoms with E-state index in [4.69, 9.17) is 5.21 Å². The van der Waals surface area contributed by atoms with Crippen LogP contribution >= 0.6 is 0 Å². The van der Waals surface area contributed by atoms with E-state index in [1.807, 2.05) is 0 Å². The molecule has 0 saturated carbocycles. The second-order valence-electron chi connectivity index (χ2n) is 1.15. The lowest BCUT2D eigenvalue weighted by Crippen LogP contribution is -2.21. The largest absolute Gasteiger partial charge is 0.287 e. The second-order valence-corrected chi connectivity index (χ2v) is 1.15. The van der Waals surface area contributed by atoms with Gasteiger partial charge in [-0.15, -0.1) is 5.10 Å². The van der Waals surface area contributed by atoms with Crippen LogP contribution in [0.2, 0.25) is 0 Å². The van der Waals surface area contributed by atoms with Crippen molar-refractivity contribution in [3.8, 4) is 0 Å². The first-order chi connectivity index (χ1) is 3.39. The van der Waals surface area contributed by atoms with Crippen molar-refractivity contribution in [3.05, 3.63) is 0 Å². The topological polar surface area (TPSA) is 48.2 Å². The highest BCUT2D eigenvalue weighted by atomic mass is 16.5. The lowest BCUT2D eigenvalue weighted by molar-refractivity contribution is 0.00726. The fourth-order valence-corrected chi connectivity index (χ4v) is 0.304. The van der Waals surface area contributed by atoms with Gasteiger partial charge in [0, 0.05) is 6.21 Å². The predicted molar refractivity (Wildman–Crippen MR) is 25.5 cm³/mol. The molecule has 0 radical (unpaired) electrons. The van der Waals surface area contributed by atoms with Crippen LogP contribution in [0.5, 0.6) is 0 Å². The molecule has 1 heterocycles. The van der Waals surface area contributed by atoms with Crippen LogP contribution in [0, 0.1) is 0 Å². The molecule has 1 N–H and O–H groups in total. The monoisotopic (exact) mass is 99.0 g/mol. The number of nitrogens with zero attached hydrogens (tertiary/aromatic N) is 3. The number of hydrogen-bond donors (Lipinski definition) is 1. The molecule has 0 aliphatic carbocycles. The van der Waals surface area contributed by atoms with E-state index in [0.717, 1.165) is 5.06 Å². The Kier molecular flexibility index (Phi) is 1.04. The molecule has 4 heteroatoms. The fourth-order valence-electron chi connectivity index (χ4n) is 0.304. The molecule has 0 unspecified atom stereocenters. The van der Waals surface area contributed by atoms with Crippen molar-refractivity contribution in [1.29, 1.82) is 0 Å². The molecule has 0 atom stereocenters. The maximum atomic E-state index is 8.50. The normalized spacial score (nSPS) is 18.1. The summed E-state index contributed by atoms with van der Waals surface area (Å²) in [5.74, 6) is 0. The Labute approximate surface area is 40.7 Å². The van der Waals surface area contributed by atoms with Crippen molar-refractivity contribution >= 4 is 12.6 Å². The van der Waals surface area contributed by atoms with Crippen LogP contribution in [0.3, 0.4) is 0 Å². The van der Waals surface area contributed by atoms with Gasteiger partial charge in [0.05, 0.1) is 6.54 Å². The average molecular weight is 99.1 g/mol. The Morgan fingerprint density at radius 2 is 2.43 bits per heavy atom. The van der Waals surface area contributed by atoms with E-state index in [0.29, 0.717) is 6.54 Å². The summed E-state index contributed by atoms with van der Waals surface area (Å²) in [5, 5.41) is 16.3. The lowest BCUT2D eigenvalue weighted by Gasteiger charge is -2.06. The second kappa shape index (κ2) is 1.70. The molecule has 0 spiro atoms. The Balaban J connectivity index is 2.49. The summed E-state index contributed by atoms with van der Waals surface area (Å²) in [6.07, 6.45) is 2.76. The highest BCUT2D eigenvalue weighted by Gasteiger charge is 1.91. The molecule has 1 aliphatic rings. The quantitative estimate of drug-likeness (QED) is 0.453. The molecule has 0 aromatic carbocycles. The average Bonchev–Trinajstić information content (AvgIpc) is 1.69. The fraction of sp³-hybridized carbons (Fsp3) is 0.333. The molecule has 7 heavy (non-hydrogen) atoms. The van der Waals surface area contributed by atoms with E-state index < -0.39 is 0 Å². The van der Waals surface area contributed by atoms with Gasteiger partial charge in [-0.1, -0.05) is 0 Å². The van der Waals surface area contributed by atoms with Gasteiger partial charge in [-0.05, 0) is 0 Å². The van der Waals surface area contributed by atoms with Crippen LogP contribution in [-0.4, -0.2) is 29.4 Å². The molecule has 1 rings (SSSR count). The lowest BCUT2D eigenvalue weighted by atomic mass is 10.7. The minimum Gasteiger partial charge on any atom is -0.287 e. The Morgan fingerprint density at radius 1 is 1.57 bits per heavy atom. The Morgan fingerprint density at radius 3 is 2.71 bits per heavy atom. The zero-order chi connectivity index (χ0) is 5.11. The van der Waals surface area contributed by atoms with E-state index >= 15 is 0 Å². The zero-order valence-corrected chi connectivity index (χ0v) is 3.65. The van der Waals surface area contributed by atoms with E-state index in [9.17, 15) is 0 Å². The van der Waals surface area contributed by atoms with Crippen molar-refractivity contribution in [1.82, 2.24) is 5.06 Å². The van der Waals surface area contributed by atoms with Gasteiger partial charge in [-0.2, -0.15) is 5.10 Å². The van der Waals surface area contributed by atoms with Crippen molar-refractivity contribution in [2.75, 3.05) is 6.54 Å². The number of hydrogen-bond acceptors (Lipinski definition) is 4. The van der Waals surface area contributed by atoms with Crippen LogP contribution in [0.15, 0.2) is 10.2 Å².